The van der Waals surface area contributed by atoms with Gasteiger partial charge in [-0.25, -0.2) is 8.42 Å². The van der Waals surface area contributed by atoms with Crippen molar-refractivity contribution in [2.45, 2.75) is 68.8 Å². The number of rotatable bonds is 8. The standard InChI is InChI=1S/C30H36N2O3S/c33-30(12-7-19-36(34,35)27-15-14-24-8-2-3-9-25(24)21-27)31-29-11-6-10-26-20-23(13-16-28(26)29)22-32-17-4-1-5-18-32/h2-3,8-9,13-16,20-21,29H,1,4-7,10-12,17-19,22H2,(H,31,33)/t29-/m1/s1. The number of hydrogen-bond donors (Lipinski definition) is 1. The van der Waals surface area contributed by atoms with Gasteiger partial charge in [0.25, 0.3) is 0 Å². The van der Waals surface area contributed by atoms with Gasteiger partial charge in [0.05, 0.1) is 16.7 Å². The van der Waals surface area contributed by atoms with Crippen LogP contribution in [0.4, 0.5) is 0 Å². The summed E-state index contributed by atoms with van der Waals surface area (Å²) in [5.74, 6) is -0.0983. The van der Waals surface area contributed by atoms with Gasteiger partial charge < -0.3 is 5.32 Å². The van der Waals surface area contributed by atoms with Crippen LogP contribution in [0.15, 0.2) is 65.6 Å². The number of amides is 1. The lowest BCUT2D eigenvalue weighted by atomic mass is 9.86. The Morgan fingerprint density at radius 3 is 2.56 bits per heavy atom. The van der Waals surface area contributed by atoms with Gasteiger partial charge in [0, 0.05) is 13.0 Å². The first-order chi connectivity index (χ1) is 17.5. The molecule has 3 aromatic rings. The van der Waals surface area contributed by atoms with Crippen molar-refractivity contribution in [1.29, 1.82) is 0 Å². The number of likely N-dealkylation sites (tertiary alicyclic amines) is 1. The summed E-state index contributed by atoms with van der Waals surface area (Å²) in [6.07, 6.45) is 7.50. The highest BCUT2D eigenvalue weighted by Crippen LogP contribution is 2.31. The average molecular weight is 505 g/mol. The summed E-state index contributed by atoms with van der Waals surface area (Å²) < 4.78 is 25.7. The molecule has 2 aliphatic rings. The van der Waals surface area contributed by atoms with Crippen LogP contribution in [0.25, 0.3) is 10.8 Å². The van der Waals surface area contributed by atoms with Crippen molar-refractivity contribution in [2.75, 3.05) is 18.8 Å². The van der Waals surface area contributed by atoms with Gasteiger partial charge in [-0.3, -0.25) is 9.69 Å². The predicted octanol–water partition coefficient (Wildman–Crippen LogP) is 5.57. The van der Waals surface area contributed by atoms with E-state index in [9.17, 15) is 13.2 Å². The molecule has 5 nitrogen and oxygen atoms in total. The van der Waals surface area contributed by atoms with Gasteiger partial charge in [0.2, 0.25) is 5.91 Å². The topological polar surface area (TPSA) is 66.5 Å². The second kappa shape index (κ2) is 11.1. The molecule has 0 spiro atoms. The molecule has 0 unspecified atom stereocenters. The van der Waals surface area contributed by atoms with Crippen LogP contribution < -0.4 is 5.32 Å². The van der Waals surface area contributed by atoms with Crippen molar-refractivity contribution in [2.24, 2.45) is 0 Å². The van der Waals surface area contributed by atoms with Crippen molar-refractivity contribution >= 4 is 26.5 Å². The minimum Gasteiger partial charge on any atom is -0.349 e. The van der Waals surface area contributed by atoms with E-state index in [1.807, 2.05) is 30.3 Å². The number of sulfone groups is 1. The number of nitrogens with zero attached hydrogens (tertiary/aromatic N) is 1. The first-order valence-electron chi connectivity index (χ1n) is 13.3. The third-order valence-electron chi connectivity index (χ3n) is 7.61. The molecule has 190 valence electrons. The van der Waals surface area contributed by atoms with Gasteiger partial charge in [-0.05, 0) is 91.2 Å². The van der Waals surface area contributed by atoms with E-state index >= 15 is 0 Å². The molecule has 1 aliphatic carbocycles. The predicted molar refractivity (Wildman–Crippen MR) is 145 cm³/mol. The fourth-order valence-electron chi connectivity index (χ4n) is 5.66. The van der Waals surface area contributed by atoms with E-state index in [-0.39, 0.29) is 24.1 Å². The van der Waals surface area contributed by atoms with Crippen LogP contribution in [0.2, 0.25) is 0 Å². The van der Waals surface area contributed by atoms with E-state index in [0.717, 1.165) is 36.6 Å². The molecule has 1 saturated heterocycles. The largest absolute Gasteiger partial charge is 0.349 e. The Labute approximate surface area is 214 Å². The molecular weight excluding hydrogens is 468 g/mol. The lowest BCUT2D eigenvalue weighted by Gasteiger charge is -2.29. The van der Waals surface area contributed by atoms with Crippen LogP contribution in [0.3, 0.4) is 0 Å². The lowest BCUT2D eigenvalue weighted by Crippen LogP contribution is -2.31. The zero-order chi connectivity index (χ0) is 25.0. The Hall–Kier alpha value is -2.70. The van der Waals surface area contributed by atoms with Gasteiger partial charge in [-0.15, -0.1) is 0 Å². The van der Waals surface area contributed by atoms with E-state index in [1.165, 1.54) is 49.0 Å². The van der Waals surface area contributed by atoms with E-state index in [4.69, 9.17) is 0 Å². The van der Waals surface area contributed by atoms with Crippen molar-refractivity contribution in [3.05, 3.63) is 77.4 Å². The fourth-order valence-corrected chi connectivity index (χ4v) is 7.00. The van der Waals surface area contributed by atoms with E-state index < -0.39 is 9.84 Å². The highest BCUT2D eigenvalue weighted by Gasteiger charge is 2.23. The molecular formula is C30H36N2O3S. The molecule has 1 fully saturated rings. The second-order valence-corrected chi connectivity index (χ2v) is 12.4. The Bertz CT molecular complexity index is 1330. The molecule has 6 heteroatoms. The Kier molecular flexibility index (Phi) is 7.73. The highest BCUT2D eigenvalue weighted by atomic mass is 32.2. The zero-order valence-corrected chi connectivity index (χ0v) is 21.7. The number of benzene rings is 3. The highest BCUT2D eigenvalue weighted by molar-refractivity contribution is 7.91. The molecule has 5 rings (SSSR count). The smallest absolute Gasteiger partial charge is 0.220 e. The van der Waals surface area contributed by atoms with Gasteiger partial charge in [0.1, 0.15) is 0 Å². The van der Waals surface area contributed by atoms with Gasteiger partial charge in [-0.2, -0.15) is 0 Å². The third kappa shape index (κ3) is 5.98. The van der Waals surface area contributed by atoms with Crippen molar-refractivity contribution < 1.29 is 13.2 Å². The summed E-state index contributed by atoms with van der Waals surface area (Å²) in [5, 5.41) is 5.11. The minimum atomic E-state index is -3.43. The number of piperidine rings is 1. The molecule has 3 aromatic carbocycles. The number of aryl methyl sites for hydroxylation is 1. The quantitative estimate of drug-likeness (QED) is 0.435. The number of hydrogen-bond acceptors (Lipinski definition) is 4. The van der Waals surface area contributed by atoms with Crippen LogP contribution in [0.5, 0.6) is 0 Å². The van der Waals surface area contributed by atoms with E-state index in [0.29, 0.717) is 11.3 Å². The van der Waals surface area contributed by atoms with Gasteiger partial charge in [0.15, 0.2) is 9.84 Å². The molecule has 0 aromatic heterocycles. The van der Waals surface area contributed by atoms with E-state index in [1.54, 1.807) is 12.1 Å². The number of carbonyl (C=O) groups is 1. The molecule has 0 radical (unpaired) electrons. The Morgan fingerprint density at radius 2 is 1.72 bits per heavy atom. The fraction of sp³-hybridized carbons (Fsp3) is 0.433. The van der Waals surface area contributed by atoms with Crippen LogP contribution >= 0.6 is 0 Å². The number of fused-ring (bicyclic) bond motifs is 2. The van der Waals surface area contributed by atoms with Crippen LogP contribution in [-0.4, -0.2) is 38.1 Å². The molecule has 0 bridgehead atoms. The molecule has 1 aliphatic heterocycles. The number of nitrogens with one attached hydrogen (secondary N) is 1. The first-order valence-corrected chi connectivity index (χ1v) is 15.0. The molecule has 1 amide bonds. The second-order valence-electron chi connectivity index (χ2n) is 10.3. The minimum absolute atomic E-state index is 0.0161. The van der Waals surface area contributed by atoms with Crippen molar-refractivity contribution in [1.82, 2.24) is 10.2 Å². The van der Waals surface area contributed by atoms with Gasteiger partial charge in [-0.1, -0.05) is 55.0 Å². The summed E-state index contributed by atoms with van der Waals surface area (Å²) >= 11 is 0. The van der Waals surface area contributed by atoms with Gasteiger partial charge >= 0.3 is 0 Å². The normalized spacial score (nSPS) is 18.6. The zero-order valence-electron chi connectivity index (χ0n) is 20.9. The molecule has 1 atom stereocenters. The number of carbonyl (C=O) groups excluding carboxylic acids is 1. The van der Waals surface area contributed by atoms with Crippen LogP contribution in [-0.2, 0) is 27.6 Å². The molecule has 1 heterocycles. The monoisotopic (exact) mass is 504 g/mol. The molecule has 36 heavy (non-hydrogen) atoms. The summed E-state index contributed by atoms with van der Waals surface area (Å²) in [6.45, 7) is 3.38. The summed E-state index contributed by atoms with van der Waals surface area (Å²) in [5.41, 5.74) is 3.93. The maximum Gasteiger partial charge on any atom is 0.220 e. The molecule has 0 saturated carbocycles. The third-order valence-corrected chi connectivity index (χ3v) is 9.41. The van der Waals surface area contributed by atoms with E-state index in [2.05, 4.69) is 28.4 Å². The summed E-state index contributed by atoms with van der Waals surface area (Å²) in [4.78, 5) is 15.6. The SMILES string of the molecule is O=C(CCCS(=O)(=O)c1ccc2ccccc2c1)N[C@@H]1CCCc2cc(CN3CCCCC3)ccc21. The summed E-state index contributed by atoms with van der Waals surface area (Å²) in [6, 6.07) is 19.7. The van der Waals surface area contributed by atoms with Crippen molar-refractivity contribution in [3.8, 4) is 0 Å². The molecule has 1 N–H and O–H groups in total. The Balaban J connectivity index is 1.15. The Morgan fingerprint density at radius 1 is 0.917 bits per heavy atom. The van der Waals surface area contributed by atoms with Crippen LogP contribution in [0, 0.1) is 0 Å². The maximum atomic E-state index is 12.9. The average Bonchev–Trinajstić information content (AvgIpc) is 2.89. The van der Waals surface area contributed by atoms with Crippen molar-refractivity contribution in [3.63, 3.8) is 0 Å². The van der Waals surface area contributed by atoms with Crippen LogP contribution in [0.1, 0.15) is 67.7 Å². The first kappa shape index (κ1) is 25.0. The lowest BCUT2D eigenvalue weighted by molar-refractivity contribution is -0.121. The maximum absolute atomic E-state index is 12.9. The summed E-state index contributed by atoms with van der Waals surface area (Å²) in [7, 11) is -3.43.